The van der Waals surface area contributed by atoms with E-state index in [1.54, 1.807) is 4.90 Å². The van der Waals surface area contributed by atoms with Crippen LogP contribution in [0, 0.1) is 17.3 Å². The molecule has 2 fully saturated rings. The first kappa shape index (κ1) is 30.5. The number of fused-ring (bicyclic) bond motifs is 2. The minimum Gasteiger partial charge on any atom is -0.465 e. The summed E-state index contributed by atoms with van der Waals surface area (Å²) in [6.07, 6.45) is 10.5. The van der Waals surface area contributed by atoms with E-state index in [-0.39, 0.29) is 30.4 Å². The normalized spacial score (nSPS) is 31.6. The number of ether oxygens (including phenoxy) is 2. The van der Waals surface area contributed by atoms with Gasteiger partial charge in [-0.3, -0.25) is 14.4 Å². The Kier molecular flexibility index (Phi) is 8.42. The van der Waals surface area contributed by atoms with Crippen molar-refractivity contribution < 1.29 is 29.0 Å². The first-order chi connectivity index (χ1) is 19.9. The molecule has 1 aromatic rings. The standard InChI is InChI=1S/C34H46N2O6/c1-32(2,3)22-33(4,5)35-18-13-17-34-27(26-25(42-34)16-11-6-7-12-19-41-31(26)40)29(38)36(28(34)30(35)39)24(21-37)20-23-14-9-8-10-15-23/h8-11,13-17,24-28,37H,6-7,12,18-22H2,1-5H3/b16-11-/t24-,25+,26-,27+,28?,34+/m1/s1. The lowest BCUT2D eigenvalue weighted by Gasteiger charge is -2.45. The second-order valence-electron chi connectivity index (χ2n) is 14.1. The lowest BCUT2D eigenvalue weighted by Crippen LogP contribution is -2.62. The fourth-order valence-electron chi connectivity index (χ4n) is 7.82. The first-order valence-corrected chi connectivity index (χ1v) is 15.4. The number of cyclic esters (lactones) is 1. The summed E-state index contributed by atoms with van der Waals surface area (Å²) >= 11 is 0. The first-order valence-electron chi connectivity index (χ1n) is 15.4. The number of benzene rings is 1. The zero-order chi connectivity index (χ0) is 30.3. The van der Waals surface area contributed by atoms with E-state index in [1.807, 2.05) is 59.5 Å². The van der Waals surface area contributed by atoms with Crippen LogP contribution < -0.4 is 0 Å². The smallest absolute Gasteiger partial charge is 0.312 e. The van der Waals surface area contributed by atoms with Crippen LogP contribution in [0.1, 0.15) is 65.9 Å². The second kappa shape index (κ2) is 11.6. The fourth-order valence-corrected chi connectivity index (χ4v) is 7.82. The molecule has 0 radical (unpaired) electrons. The maximum absolute atomic E-state index is 14.9. The van der Waals surface area contributed by atoms with Crippen LogP contribution >= 0.6 is 0 Å². The third-order valence-corrected chi connectivity index (χ3v) is 9.15. The van der Waals surface area contributed by atoms with Gasteiger partial charge in [-0.05, 0) is 56.9 Å². The molecular weight excluding hydrogens is 532 g/mol. The van der Waals surface area contributed by atoms with Gasteiger partial charge in [0, 0.05) is 12.1 Å². The zero-order valence-electron chi connectivity index (χ0n) is 25.6. The molecule has 1 aromatic carbocycles. The summed E-state index contributed by atoms with van der Waals surface area (Å²) in [6, 6.07) is 7.93. The number of carbonyl (C=O) groups is 3. The second-order valence-corrected chi connectivity index (χ2v) is 14.1. The number of aliphatic hydroxyl groups excluding tert-OH is 1. The number of aliphatic hydroxyl groups is 1. The van der Waals surface area contributed by atoms with Gasteiger partial charge in [0.15, 0.2) is 0 Å². The molecule has 228 valence electrons. The van der Waals surface area contributed by atoms with E-state index in [2.05, 4.69) is 34.6 Å². The van der Waals surface area contributed by atoms with Crippen LogP contribution in [0.25, 0.3) is 0 Å². The van der Waals surface area contributed by atoms with Crippen molar-refractivity contribution in [2.75, 3.05) is 19.8 Å². The highest BCUT2D eigenvalue weighted by Gasteiger charge is 2.72. The Labute approximate surface area is 249 Å². The highest BCUT2D eigenvalue weighted by atomic mass is 16.6. The molecule has 2 amide bonds. The van der Waals surface area contributed by atoms with E-state index in [4.69, 9.17) is 9.47 Å². The van der Waals surface area contributed by atoms with Crippen molar-refractivity contribution in [3.05, 3.63) is 60.2 Å². The van der Waals surface area contributed by atoms with Crippen molar-refractivity contribution in [1.82, 2.24) is 9.80 Å². The van der Waals surface area contributed by atoms with E-state index in [0.29, 0.717) is 13.0 Å². The summed E-state index contributed by atoms with van der Waals surface area (Å²) < 4.78 is 12.5. The van der Waals surface area contributed by atoms with E-state index in [0.717, 1.165) is 31.2 Å². The van der Waals surface area contributed by atoms with Crippen molar-refractivity contribution in [2.24, 2.45) is 17.3 Å². The summed E-state index contributed by atoms with van der Waals surface area (Å²) in [4.78, 5) is 46.5. The van der Waals surface area contributed by atoms with Gasteiger partial charge in [-0.25, -0.2) is 0 Å². The predicted octanol–water partition coefficient (Wildman–Crippen LogP) is 4.07. The quantitative estimate of drug-likeness (QED) is 0.404. The lowest BCUT2D eigenvalue weighted by molar-refractivity contribution is -0.157. The molecule has 4 heterocycles. The average Bonchev–Trinajstić information content (AvgIpc) is 3.31. The van der Waals surface area contributed by atoms with Crippen LogP contribution in [-0.2, 0) is 30.3 Å². The van der Waals surface area contributed by atoms with Gasteiger partial charge in [-0.1, -0.05) is 75.4 Å². The fraction of sp³-hybridized carbons (Fsp3) is 0.618. The molecule has 42 heavy (non-hydrogen) atoms. The molecule has 0 bridgehead atoms. The molecule has 6 atom stereocenters. The maximum atomic E-state index is 14.9. The molecule has 0 saturated carbocycles. The molecule has 4 aliphatic rings. The Morgan fingerprint density at radius 3 is 2.45 bits per heavy atom. The summed E-state index contributed by atoms with van der Waals surface area (Å²) in [5.41, 5.74) is -0.997. The molecule has 8 heteroatoms. The number of rotatable bonds is 6. The van der Waals surface area contributed by atoms with Crippen LogP contribution in [0.5, 0.6) is 0 Å². The number of likely N-dealkylation sites (tertiary alicyclic amines) is 1. The van der Waals surface area contributed by atoms with Crippen molar-refractivity contribution in [1.29, 1.82) is 0 Å². The van der Waals surface area contributed by atoms with Crippen LogP contribution in [0.2, 0.25) is 0 Å². The van der Waals surface area contributed by atoms with Gasteiger partial charge >= 0.3 is 5.97 Å². The molecule has 8 nitrogen and oxygen atoms in total. The molecule has 0 aromatic heterocycles. The van der Waals surface area contributed by atoms with Crippen LogP contribution in [0.3, 0.4) is 0 Å². The van der Waals surface area contributed by atoms with Crippen molar-refractivity contribution in [3.8, 4) is 0 Å². The Morgan fingerprint density at radius 1 is 1.02 bits per heavy atom. The maximum Gasteiger partial charge on any atom is 0.312 e. The third kappa shape index (κ3) is 5.55. The van der Waals surface area contributed by atoms with E-state index in [9.17, 15) is 19.5 Å². The largest absolute Gasteiger partial charge is 0.465 e. The predicted molar refractivity (Wildman–Crippen MR) is 159 cm³/mol. The Morgan fingerprint density at radius 2 is 1.76 bits per heavy atom. The van der Waals surface area contributed by atoms with Gasteiger partial charge < -0.3 is 24.4 Å². The van der Waals surface area contributed by atoms with Gasteiger partial charge in [0.2, 0.25) is 11.8 Å². The number of hydrogen-bond acceptors (Lipinski definition) is 6. The van der Waals surface area contributed by atoms with Gasteiger partial charge in [0.25, 0.3) is 0 Å². The Bertz CT molecular complexity index is 1230. The van der Waals surface area contributed by atoms with Crippen LogP contribution in [0.4, 0.5) is 0 Å². The van der Waals surface area contributed by atoms with Crippen LogP contribution in [0.15, 0.2) is 54.6 Å². The van der Waals surface area contributed by atoms with E-state index < -0.39 is 47.1 Å². The summed E-state index contributed by atoms with van der Waals surface area (Å²) in [6.45, 7) is 10.9. The highest BCUT2D eigenvalue weighted by Crippen LogP contribution is 2.54. The highest BCUT2D eigenvalue weighted by molar-refractivity contribution is 5.99. The Balaban J connectivity index is 1.63. The molecule has 2 saturated heterocycles. The van der Waals surface area contributed by atoms with E-state index >= 15 is 0 Å². The summed E-state index contributed by atoms with van der Waals surface area (Å²) in [5, 5.41) is 10.7. The monoisotopic (exact) mass is 578 g/mol. The number of esters is 1. The van der Waals surface area contributed by atoms with Gasteiger partial charge in [-0.15, -0.1) is 0 Å². The molecule has 1 spiro atoms. The topological polar surface area (TPSA) is 96.4 Å². The van der Waals surface area contributed by atoms with Crippen LogP contribution in [-0.4, -0.2) is 81.8 Å². The van der Waals surface area contributed by atoms with Gasteiger partial charge in [-0.2, -0.15) is 0 Å². The molecule has 1 N–H and O–H groups in total. The molecule has 4 aliphatic heterocycles. The minimum absolute atomic E-state index is 0.0486. The third-order valence-electron chi connectivity index (χ3n) is 9.15. The number of hydrogen-bond donors (Lipinski definition) is 1. The molecule has 1 unspecified atom stereocenters. The molecular formula is C34H46N2O6. The minimum atomic E-state index is -1.36. The number of carbonyl (C=O) groups excluding carboxylic acids is 3. The number of amides is 2. The SMILES string of the molecule is CC(C)(C)CC(C)(C)N1CC=C[C@]23O[C@H]4/C=C\CCCCOC(=O)[C@H]4[C@H]2C(=O)N([C@@H](CO)Cc2ccccc2)C3C1=O. The summed E-state index contributed by atoms with van der Waals surface area (Å²) in [7, 11) is 0. The number of nitrogens with zero attached hydrogens (tertiary/aromatic N) is 2. The summed E-state index contributed by atoms with van der Waals surface area (Å²) in [5.74, 6) is -2.88. The Hall–Kier alpha value is -2.97. The number of allylic oxidation sites excluding steroid dienone is 1. The van der Waals surface area contributed by atoms with Crippen molar-refractivity contribution >= 4 is 17.8 Å². The molecule has 0 aliphatic carbocycles. The zero-order valence-corrected chi connectivity index (χ0v) is 25.6. The van der Waals surface area contributed by atoms with E-state index in [1.165, 1.54) is 0 Å². The van der Waals surface area contributed by atoms with Crippen molar-refractivity contribution in [2.45, 2.75) is 96.1 Å². The molecule has 5 rings (SSSR count). The van der Waals surface area contributed by atoms with Crippen molar-refractivity contribution in [3.63, 3.8) is 0 Å². The average molecular weight is 579 g/mol. The van der Waals surface area contributed by atoms with Gasteiger partial charge in [0.05, 0.1) is 31.3 Å². The van der Waals surface area contributed by atoms with Gasteiger partial charge in [0.1, 0.15) is 17.6 Å². The lowest BCUT2D eigenvalue weighted by atomic mass is 9.77.